The second-order valence-corrected chi connectivity index (χ2v) is 10.9. The Hall–Kier alpha value is -3.00. The zero-order valence-electron chi connectivity index (χ0n) is 21.6. The van der Waals surface area contributed by atoms with Crippen molar-refractivity contribution < 1.29 is 19.8 Å². The van der Waals surface area contributed by atoms with Gasteiger partial charge in [-0.15, -0.1) is 0 Å². The molecule has 2 aromatic rings. The molecular weight excluding hydrogens is 466 g/mol. The first-order chi connectivity index (χ1) is 17.8. The van der Waals surface area contributed by atoms with Crippen LogP contribution in [0.3, 0.4) is 0 Å². The van der Waals surface area contributed by atoms with E-state index in [-0.39, 0.29) is 30.7 Å². The first kappa shape index (κ1) is 25.6. The number of carbonyl (C=O) groups is 2. The molecule has 2 amide bonds. The third-order valence-electron chi connectivity index (χ3n) is 7.94. The minimum atomic E-state index is -0.879. The Morgan fingerprint density at radius 2 is 1.84 bits per heavy atom. The van der Waals surface area contributed by atoms with Gasteiger partial charge in [-0.25, -0.2) is 0 Å². The Labute approximate surface area is 218 Å². The lowest BCUT2D eigenvalue weighted by Crippen LogP contribution is -2.54. The van der Waals surface area contributed by atoms with Crippen molar-refractivity contribution in [3.8, 4) is 0 Å². The van der Waals surface area contributed by atoms with Crippen molar-refractivity contribution in [3.05, 3.63) is 76.9 Å². The van der Waals surface area contributed by atoms with E-state index in [4.69, 9.17) is 0 Å². The molecule has 0 spiro atoms. The van der Waals surface area contributed by atoms with E-state index in [2.05, 4.69) is 23.5 Å². The maximum absolute atomic E-state index is 13.8. The van der Waals surface area contributed by atoms with Crippen molar-refractivity contribution in [2.24, 2.45) is 5.92 Å². The van der Waals surface area contributed by atoms with Gasteiger partial charge in [0.25, 0.3) is 0 Å². The number of hydrogen-bond acceptors (Lipinski definition) is 5. The number of fused-ring (bicyclic) bond motifs is 1. The summed E-state index contributed by atoms with van der Waals surface area (Å²) in [6.07, 6.45) is 4.31. The minimum absolute atomic E-state index is 0.0913. The van der Waals surface area contributed by atoms with Crippen molar-refractivity contribution in [2.75, 3.05) is 6.54 Å². The number of allylic oxidation sites excluding steroid dienone is 2. The molecule has 3 aliphatic rings. The van der Waals surface area contributed by atoms with Gasteiger partial charge in [-0.05, 0) is 53.0 Å². The highest BCUT2D eigenvalue weighted by Crippen LogP contribution is 2.36. The van der Waals surface area contributed by atoms with E-state index in [1.807, 2.05) is 50.2 Å². The molecule has 2 heterocycles. The van der Waals surface area contributed by atoms with Crippen LogP contribution in [0.25, 0.3) is 5.57 Å². The third kappa shape index (κ3) is 5.21. The van der Waals surface area contributed by atoms with Gasteiger partial charge in [0, 0.05) is 26.1 Å². The standard InChI is InChI=1S/C30H37N3O4/c1-19(2)27(33-17-23-9-5-6-10-25(23)29(33)36)30(37)32-18-24(34)15-26(32)28(35)31-16-20-11-13-22(14-12-20)21-7-3-4-8-21/h5-7,9-14,19,24,26-27,29,34,36H,3-4,8,15-18H2,1-2H3,(H,31,35)/t24-,26+,27+,29?/m1/s1. The number of benzene rings is 2. The highest BCUT2D eigenvalue weighted by atomic mass is 16.3. The molecule has 1 unspecified atom stereocenters. The van der Waals surface area contributed by atoms with E-state index < -0.39 is 24.4 Å². The molecule has 1 fully saturated rings. The molecule has 2 aliphatic heterocycles. The number of likely N-dealkylation sites (tertiary alicyclic amines) is 1. The largest absolute Gasteiger partial charge is 0.391 e. The fourth-order valence-electron chi connectivity index (χ4n) is 6.00. The number of β-amino-alcohol motifs (C(OH)–C–C–N with tert-alkyl or cyclic N) is 1. The van der Waals surface area contributed by atoms with Gasteiger partial charge in [-0.3, -0.25) is 14.5 Å². The average molecular weight is 504 g/mol. The number of carbonyl (C=O) groups excluding carboxylic acids is 2. The number of amides is 2. The molecule has 0 aromatic heterocycles. The van der Waals surface area contributed by atoms with Crippen LogP contribution in [-0.2, 0) is 22.7 Å². The van der Waals surface area contributed by atoms with Gasteiger partial charge >= 0.3 is 0 Å². The average Bonchev–Trinajstić information content (AvgIpc) is 3.63. The van der Waals surface area contributed by atoms with E-state index in [0.29, 0.717) is 13.1 Å². The van der Waals surface area contributed by atoms with Crippen LogP contribution < -0.4 is 5.32 Å². The maximum Gasteiger partial charge on any atom is 0.243 e. The molecule has 1 aliphatic carbocycles. The summed E-state index contributed by atoms with van der Waals surface area (Å²) >= 11 is 0. The Morgan fingerprint density at radius 3 is 2.51 bits per heavy atom. The van der Waals surface area contributed by atoms with Crippen molar-refractivity contribution >= 4 is 17.4 Å². The lowest BCUT2D eigenvalue weighted by Gasteiger charge is -2.36. The Kier molecular flexibility index (Phi) is 7.47. The van der Waals surface area contributed by atoms with Gasteiger partial charge in [0.05, 0.1) is 12.1 Å². The van der Waals surface area contributed by atoms with E-state index in [9.17, 15) is 19.8 Å². The normalized spacial score (nSPS) is 24.3. The summed E-state index contributed by atoms with van der Waals surface area (Å²) < 4.78 is 0. The van der Waals surface area contributed by atoms with Crippen LogP contribution in [0.5, 0.6) is 0 Å². The highest BCUT2D eigenvalue weighted by Gasteiger charge is 2.46. The van der Waals surface area contributed by atoms with Crippen LogP contribution in [0, 0.1) is 5.92 Å². The summed E-state index contributed by atoms with van der Waals surface area (Å²) in [5.74, 6) is -0.584. The van der Waals surface area contributed by atoms with Crippen LogP contribution >= 0.6 is 0 Å². The molecule has 0 bridgehead atoms. The van der Waals surface area contributed by atoms with Crippen molar-refractivity contribution in [2.45, 2.75) is 77.0 Å². The fraction of sp³-hybridized carbons (Fsp3) is 0.467. The summed E-state index contributed by atoms with van der Waals surface area (Å²) in [6.45, 7) is 4.84. The molecule has 3 N–H and O–H groups in total. The van der Waals surface area contributed by atoms with E-state index in [0.717, 1.165) is 29.5 Å². The number of aliphatic hydroxyl groups excluding tert-OH is 2. The van der Waals surface area contributed by atoms with Crippen LogP contribution in [0.1, 0.15) is 68.0 Å². The summed E-state index contributed by atoms with van der Waals surface area (Å²) in [5, 5.41) is 24.4. The molecule has 7 nitrogen and oxygen atoms in total. The predicted octanol–water partition coefficient (Wildman–Crippen LogP) is 3.36. The zero-order chi connectivity index (χ0) is 26.1. The van der Waals surface area contributed by atoms with Gasteiger partial charge in [-0.1, -0.05) is 68.5 Å². The number of nitrogens with zero attached hydrogens (tertiary/aromatic N) is 2. The first-order valence-corrected chi connectivity index (χ1v) is 13.4. The molecular formula is C30H37N3O4. The van der Waals surface area contributed by atoms with Crippen molar-refractivity contribution in [1.82, 2.24) is 15.1 Å². The predicted molar refractivity (Wildman–Crippen MR) is 142 cm³/mol. The smallest absolute Gasteiger partial charge is 0.243 e. The van der Waals surface area contributed by atoms with E-state index in [1.165, 1.54) is 22.5 Å². The van der Waals surface area contributed by atoms with Gasteiger partial charge in [0.15, 0.2) is 0 Å². The number of hydrogen-bond donors (Lipinski definition) is 3. The second kappa shape index (κ2) is 10.8. The quantitative estimate of drug-likeness (QED) is 0.539. The molecule has 7 heteroatoms. The van der Waals surface area contributed by atoms with Gasteiger partial charge < -0.3 is 20.4 Å². The molecule has 196 valence electrons. The Morgan fingerprint density at radius 1 is 1.08 bits per heavy atom. The van der Waals surface area contributed by atoms with Crippen molar-refractivity contribution in [3.63, 3.8) is 0 Å². The monoisotopic (exact) mass is 503 g/mol. The minimum Gasteiger partial charge on any atom is -0.391 e. The molecule has 0 radical (unpaired) electrons. The number of aliphatic hydroxyl groups is 2. The van der Waals surface area contributed by atoms with Gasteiger partial charge in [-0.2, -0.15) is 0 Å². The van der Waals surface area contributed by atoms with Gasteiger partial charge in [0.2, 0.25) is 11.8 Å². The number of rotatable bonds is 7. The third-order valence-corrected chi connectivity index (χ3v) is 7.94. The van der Waals surface area contributed by atoms with E-state index in [1.54, 1.807) is 4.90 Å². The first-order valence-electron chi connectivity index (χ1n) is 13.4. The molecule has 0 saturated carbocycles. The summed E-state index contributed by atoms with van der Waals surface area (Å²) in [7, 11) is 0. The van der Waals surface area contributed by atoms with Gasteiger partial charge in [0.1, 0.15) is 12.3 Å². The Bertz CT molecular complexity index is 1180. The molecule has 4 atom stereocenters. The lowest BCUT2D eigenvalue weighted by atomic mass is 10.00. The highest BCUT2D eigenvalue weighted by molar-refractivity contribution is 5.90. The molecule has 1 saturated heterocycles. The Balaban J connectivity index is 1.26. The molecule has 5 rings (SSSR count). The second-order valence-electron chi connectivity index (χ2n) is 10.9. The summed E-state index contributed by atoms with van der Waals surface area (Å²) in [5.41, 5.74) is 5.42. The van der Waals surface area contributed by atoms with Crippen LogP contribution in [0.15, 0.2) is 54.6 Å². The lowest BCUT2D eigenvalue weighted by molar-refractivity contribution is -0.149. The molecule has 37 heavy (non-hydrogen) atoms. The fourth-order valence-corrected chi connectivity index (χ4v) is 6.00. The summed E-state index contributed by atoms with van der Waals surface area (Å²) in [4.78, 5) is 30.4. The molecule has 2 aromatic carbocycles. The number of nitrogens with one attached hydrogen (secondary N) is 1. The van der Waals surface area contributed by atoms with Crippen LogP contribution in [0.4, 0.5) is 0 Å². The van der Waals surface area contributed by atoms with E-state index >= 15 is 0 Å². The van der Waals surface area contributed by atoms with Crippen LogP contribution in [-0.4, -0.2) is 56.6 Å². The zero-order valence-corrected chi connectivity index (χ0v) is 21.6. The van der Waals surface area contributed by atoms with Crippen LogP contribution in [0.2, 0.25) is 0 Å². The SMILES string of the molecule is CC(C)[C@@H](C(=O)N1C[C@H](O)C[C@H]1C(=O)NCc1ccc(C2=CCCC2)cc1)N1Cc2ccccc2C1O. The topological polar surface area (TPSA) is 93.1 Å². The maximum atomic E-state index is 13.8. The van der Waals surface area contributed by atoms with Crippen molar-refractivity contribution in [1.29, 1.82) is 0 Å². The summed E-state index contributed by atoms with van der Waals surface area (Å²) in [6, 6.07) is 14.6.